The van der Waals surface area contributed by atoms with Gasteiger partial charge in [-0.25, -0.2) is 9.59 Å². The number of para-hydroxylation sites is 6. The van der Waals surface area contributed by atoms with E-state index in [1.165, 1.54) is 11.4 Å². The molecule has 0 bridgehead atoms. The molecule has 4 heterocycles. The molecule has 0 radical (unpaired) electrons. The Balaban J connectivity index is 0.000000190. The Hall–Kier alpha value is -9.37. The lowest BCUT2D eigenvalue weighted by atomic mass is 9.82. The second-order valence-corrected chi connectivity index (χ2v) is 34.5. The molecule has 0 amide bonds. The first-order chi connectivity index (χ1) is 60.7. The van der Waals surface area contributed by atoms with E-state index in [1.807, 2.05) is 160 Å². The van der Waals surface area contributed by atoms with E-state index in [2.05, 4.69) is 188 Å². The minimum atomic E-state index is -1.46. The first kappa shape index (κ1) is 101. The number of fused-ring (bicyclic) bond motifs is 8. The number of aliphatic hydroxyl groups excluding tert-OH is 2. The molecule has 678 valence electrons. The van der Waals surface area contributed by atoms with Crippen LogP contribution in [0.4, 0.5) is 11.4 Å². The van der Waals surface area contributed by atoms with Crippen molar-refractivity contribution in [2.24, 2.45) is 0 Å². The fourth-order valence-electron chi connectivity index (χ4n) is 18.0. The lowest BCUT2D eigenvalue weighted by Crippen LogP contribution is -3.00. The van der Waals surface area contributed by atoms with Gasteiger partial charge in [0.15, 0.2) is 11.5 Å². The van der Waals surface area contributed by atoms with Crippen molar-refractivity contribution in [1.29, 1.82) is 0 Å². The Bertz CT molecular complexity index is 4820. The number of rotatable bonds is 36. The number of nitrogens with zero attached hydrogens (tertiary/aromatic N) is 4. The van der Waals surface area contributed by atoms with E-state index in [9.17, 15) is 29.4 Å². The summed E-state index contributed by atoms with van der Waals surface area (Å²) in [7, 11) is 0. The van der Waals surface area contributed by atoms with Gasteiger partial charge >= 0.3 is 23.9 Å². The van der Waals surface area contributed by atoms with Crippen LogP contribution in [0.3, 0.4) is 0 Å². The number of halogens is 2. The van der Waals surface area contributed by atoms with E-state index in [0.717, 1.165) is 89.8 Å². The van der Waals surface area contributed by atoms with Crippen LogP contribution in [-0.2, 0) is 58.8 Å². The normalized spacial score (nSPS) is 14.3. The lowest BCUT2D eigenvalue weighted by molar-refractivity contribution is -0.170. The summed E-state index contributed by atoms with van der Waals surface area (Å²) in [6, 6.07) is 83.0. The first-order valence-electron chi connectivity index (χ1n) is 44.3. The van der Waals surface area contributed by atoms with Gasteiger partial charge in [0.1, 0.15) is 80.0 Å². The molecule has 0 saturated heterocycles. The molecule has 127 heavy (non-hydrogen) atoms. The smallest absolute Gasteiger partial charge is 0.348 e. The minimum Gasteiger partial charge on any atom is -1.00 e. The number of ether oxygens (including phenoxy) is 9. The van der Waals surface area contributed by atoms with Crippen LogP contribution in [0.5, 0.6) is 28.7 Å². The number of esters is 4. The molecule has 0 spiro atoms. The Kier molecular flexibility index (Phi) is 39.0. The fraction of sp³-hybridized carbons (Fsp3) is 0.385. The molecular weight excluding hydrogens is 1720 g/mol. The van der Waals surface area contributed by atoms with Crippen LogP contribution < -0.4 is 52.6 Å². The van der Waals surface area contributed by atoms with Gasteiger partial charge in [-0.1, -0.05) is 213 Å². The van der Waals surface area contributed by atoms with E-state index < -0.39 is 23.1 Å². The zero-order valence-corrected chi connectivity index (χ0v) is 79.6. The number of carbonyl (C=O) groups excluding carboxylic acids is 4. The third kappa shape index (κ3) is 22.9. The van der Waals surface area contributed by atoms with E-state index in [4.69, 9.17) is 42.6 Å². The number of quaternary nitrogens is 2. The van der Waals surface area contributed by atoms with Crippen molar-refractivity contribution in [3.05, 3.63) is 293 Å². The number of carbonyl (C=O) groups is 4. The molecule has 19 nitrogen and oxygen atoms in total. The fourth-order valence-corrected chi connectivity index (χ4v) is 20.3. The third-order valence-corrected chi connectivity index (χ3v) is 26.1. The molecule has 4 aliphatic heterocycles. The minimum absolute atomic E-state index is 0. The highest BCUT2D eigenvalue weighted by molar-refractivity contribution is 7.99. The van der Waals surface area contributed by atoms with Crippen LogP contribution in [-0.4, -0.2) is 180 Å². The molecule has 14 rings (SSSR count). The maximum Gasteiger partial charge on any atom is 0.348 e. The first-order valence-corrected chi connectivity index (χ1v) is 45.9. The Morgan fingerprint density at radius 2 is 0.701 bits per heavy atom. The topological polar surface area (TPSA) is 198 Å². The van der Waals surface area contributed by atoms with Crippen molar-refractivity contribution >= 4 is 58.8 Å². The summed E-state index contributed by atoms with van der Waals surface area (Å²) in [4.78, 5) is 62.7. The van der Waals surface area contributed by atoms with Crippen LogP contribution in [0.1, 0.15) is 159 Å². The lowest BCUT2D eigenvalue weighted by Gasteiger charge is -2.45. The quantitative estimate of drug-likeness (QED) is 0.0213. The molecule has 0 aromatic heterocycles. The monoisotopic (exact) mass is 1850 g/mol. The Morgan fingerprint density at radius 3 is 1.04 bits per heavy atom. The summed E-state index contributed by atoms with van der Waals surface area (Å²) in [6.45, 7) is 35.5. The molecule has 10 aromatic carbocycles. The standard InChI is InChI=1S/2C28H32NO2S.C25H33NO6.C23H29NO5.BrH.ClH/c2*1-20(2)29(21(3)4,22-12-6-5-7-13-22)18-19-31-28(30)27-23-14-8-10-16-25(23)32-26-17-11-9-15-24(26)27;1-4-14-26(15-17-27)16-18-30-24(28)25(31-6-3)19-10-7-8-12-21(19)32-23-20(25)11-9-13-22(23)29-5-2;1-3-13-24(14-16-25)15-17-27-22(26)23(28-4-2)18-9-5-7-11-20(18)29-21-12-8-6-10-19(21)23;;/h2*5-17,20-21,27H,18-19H2,1-4H3;7-13,27H,4-6,14-18H2,1-3H3;5-12,25H,3-4,13-17H2,1-2H3;2*1H/q2*+1;;;;/p-2. The largest absolute Gasteiger partial charge is 1.00 e. The van der Waals surface area contributed by atoms with Crippen molar-refractivity contribution in [3.8, 4) is 28.7 Å². The molecule has 10 aromatic rings. The highest BCUT2D eigenvalue weighted by atomic mass is 79.9. The average Bonchev–Trinajstić information content (AvgIpc) is 0.703. The summed E-state index contributed by atoms with van der Waals surface area (Å²) in [5, 5.41) is 18.5. The number of hydrogen-bond acceptors (Lipinski definition) is 19. The zero-order chi connectivity index (χ0) is 89.1. The summed E-state index contributed by atoms with van der Waals surface area (Å²) < 4.78 is 55.4. The van der Waals surface area contributed by atoms with Crippen molar-refractivity contribution in [2.75, 3.05) is 112 Å². The summed E-state index contributed by atoms with van der Waals surface area (Å²) >= 11 is 3.45. The third-order valence-electron chi connectivity index (χ3n) is 23.8. The van der Waals surface area contributed by atoms with Gasteiger partial charge in [0.2, 0.25) is 11.2 Å². The predicted molar refractivity (Wildman–Crippen MR) is 498 cm³/mol. The summed E-state index contributed by atoms with van der Waals surface area (Å²) in [5.41, 5.74) is 6.31. The number of hydrogen-bond donors (Lipinski definition) is 2. The summed E-state index contributed by atoms with van der Waals surface area (Å²) in [6.07, 6.45) is 1.92. The molecule has 0 saturated carbocycles. The number of aliphatic hydroxyl groups is 2. The Morgan fingerprint density at radius 1 is 0.378 bits per heavy atom. The van der Waals surface area contributed by atoms with E-state index in [-0.39, 0.29) is 79.6 Å². The maximum absolute atomic E-state index is 13.7. The van der Waals surface area contributed by atoms with Crippen LogP contribution in [0.25, 0.3) is 0 Å². The van der Waals surface area contributed by atoms with Crippen molar-refractivity contribution in [1.82, 2.24) is 18.8 Å². The average molecular weight is 1850 g/mol. The zero-order valence-electron chi connectivity index (χ0n) is 75.6. The Labute approximate surface area is 777 Å². The van der Waals surface area contributed by atoms with Gasteiger partial charge in [-0.15, -0.1) is 0 Å². The van der Waals surface area contributed by atoms with E-state index >= 15 is 0 Å². The van der Waals surface area contributed by atoms with Crippen molar-refractivity contribution in [2.45, 2.75) is 170 Å². The molecule has 1 atom stereocenters. The van der Waals surface area contributed by atoms with E-state index in [0.29, 0.717) is 134 Å². The second-order valence-electron chi connectivity index (χ2n) is 32.3. The van der Waals surface area contributed by atoms with Crippen LogP contribution in [0.15, 0.2) is 268 Å². The van der Waals surface area contributed by atoms with Gasteiger partial charge in [0.05, 0.1) is 44.0 Å². The van der Waals surface area contributed by atoms with E-state index in [1.54, 1.807) is 23.5 Å². The summed E-state index contributed by atoms with van der Waals surface area (Å²) in [5.74, 6) is 0.696. The molecule has 0 fully saturated rings. The highest BCUT2D eigenvalue weighted by Crippen LogP contribution is 2.55. The van der Waals surface area contributed by atoms with Crippen LogP contribution in [0.2, 0.25) is 0 Å². The van der Waals surface area contributed by atoms with Gasteiger partial charge in [-0.05, 0) is 197 Å². The second kappa shape index (κ2) is 48.9. The maximum atomic E-state index is 13.7. The van der Waals surface area contributed by atoms with Gasteiger partial charge in [-0.2, -0.15) is 0 Å². The van der Waals surface area contributed by atoms with Crippen molar-refractivity contribution < 1.29 is 101 Å². The molecule has 4 aliphatic rings. The van der Waals surface area contributed by atoms with Gasteiger partial charge in [-0.3, -0.25) is 28.4 Å². The highest BCUT2D eigenvalue weighted by Gasteiger charge is 2.54. The van der Waals surface area contributed by atoms with Gasteiger partial charge in [0, 0.05) is 81.2 Å². The molecule has 1 unspecified atom stereocenters. The van der Waals surface area contributed by atoms with Gasteiger partial charge < -0.3 is 82.2 Å². The predicted octanol–water partition coefficient (Wildman–Crippen LogP) is 14.3. The van der Waals surface area contributed by atoms with Crippen LogP contribution in [0, 0.1) is 0 Å². The molecular formula is C104H126BrClN4O15S2. The van der Waals surface area contributed by atoms with Crippen molar-refractivity contribution in [3.63, 3.8) is 0 Å². The van der Waals surface area contributed by atoms with Gasteiger partial charge in [0.25, 0.3) is 0 Å². The number of benzene rings is 10. The van der Waals surface area contributed by atoms with Crippen LogP contribution >= 0.6 is 23.5 Å². The SMILES string of the molecule is CC(C)[N+](CCOC(=O)C1c2ccccc2Sc2ccccc21)(c1ccccc1)C(C)C.CC(C)[N+](CCOC(=O)C1c2ccccc2Sc2ccccc21)(c1ccccc1)C(C)C.CCCN(CCO)CCOC(=O)C1(OCC)c2ccccc2Oc2c(OCC)cccc21.CCCN(CCO)CCOC(=O)C1(OCC)c2ccccc2Oc2ccccc21.[Br-].[Cl-]. The molecule has 23 heteroatoms. The molecule has 2 N–H and O–H groups in total. The molecule has 0 aliphatic carbocycles.